The minimum absolute atomic E-state index is 0.934. The van der Waals surface area contributed by atoms with Gasteiger partial charge in [-0.15, -0.1) is 0 Å². The molecule has 50 heavy (non-hydrogen) atoms. The van der Waals surface area contributed by atoms with Crippen LogP contribution in [0.5, 0.6) is 0 Å². The number of rotatable bonds is 6. The van der Waals surface area contributed by atoms with Crippen molar-refractivity contribution < 1.29 is 0 Å². The number of fused-ring (bicyclic) bond motifs is 4. The van der Waals surface area contributed by atoms with E-state index in [4.69, 9.17) is 0 Å². The van der Waals surface area contributed by atoms with Crippen molar-refractivity contribution in [1.82, 2.24) is 0 Å². The van der Waals surface area contributed by atoms with Crippen molar-refractivity contribution in [2.24, 2.45) is 0 Å². The van der Waals surface area contributed by atoms with Crippen LogP contribution in [-0.2, 0) is 0 Å². The van der Waals surface area contributed by atoms with Gasteiger partial charge in [0, 0.05) is 0 Å². The lowest BCUT2D eigenvalue weighted by molar-refractivity contribution is 1.08. The number of hydrogen-bond donors (Lipinski definition) is 0. The first-order valence-electron chi connectivity index (χ1n) is 17.4. The molecule has 0 N–H and O–H groups in total. The molecule has 0 heterocycles. The molecular formula is C50H38. The lowest BCUT2D eigenvalue weighted by atomic mass is 9.88. The third kappa shape index (κ3) is 5.87. The molecule has 0 nitrogen and oxygen atoms in total. The van der Waals surface area contributed by atoms with Gasteiger partial charge in [0.05, 0.1) is 0 Å². The van der Waals surface area contributed by atoms with Crippen LogP contribution in [0.1, 0.15) is 24.0 Å². The van der Waals surface area contributed by atoms with Crippen LogP contribution in [0.2, 0.25) is 0 Å². The lowest BCUT2D eigenvalue weighted by Crippen LogP contribution is -2.29. The summed E-state index contributed by atoms with van der Waals surface area (Å²) < 4.78 is 0. The molecule has 7 aromatic carbocycles. The zero-order valence-corrected chi connectivity index (χ0v) is 28.1. The van der Waals surface area contributed by atoms with Gasteiger partial charge in [0.2, 0.25) is 0 Å². The molecule has 7 aromatic rings. The molecular weight excluding hydrogens is 601 g/mol. The molecule has 0 bridgehead atoms. The van der Waals surface area contributed by atoms with Gasteiger partial charge in [0.25, 0.3) is 0 Å². The first kappa shape index (κ1) is 31.1. The van der Waals surface area contributed by atoms with Crippen molar-refractivity contribution in [3.63, 3.8) is 0 Å². The van der Waals surface area contributed by atoms with Crippen molar-refractivity contribution in [2.45, 2.75) is 12.8 Å². The van der Waals surface area contributed by atoms with Crippen molar-refractivity contribution in [1.29, 1.82) is 0 Å². The van der Waals surface area contributed by atoms with Crippen LogP contribution in [-0.4, -0.2) is 0 Å². The molecule has 1 aliphatic carbocycles. The number of allylic oxidation sites excluding steroid dienone is 4. The van der Waals surface area contributed by atoms with Crippen LogP contribution in [0.15, 0.2) is 189 Å². The Bertz CT molecular complexity index is 2670. The van der Waals surface area contributed by atoms with E-state index in [2.05, 4.69) is 183 Å². The molecule has 0 amide bonds. The van der Waals surface area contributed by atoms with E-state index in [0.717, 1.165) is 34.9 Å². The monoisotopic (exact) mass is 638 g/mol. The summed E-state index contributed by atoms with van der Waals surface area (Å²) >= 11 is 0. The fraction of sp³-hybridized carbons (Fsp3) is 0.0400. The third-order valence-electron chi connectivity index (χ3n) is 9.92. The van der Waals surface area contributed by atoms with Crippen LogP contribution in [0.3, 0.4) is 0 Å². The van der Waals surface area contributed by atoms with E-state index in [0.29, 0.717) is 0 Å². The maximum Gasteiger partial charge on any atom is -0.00933 e. The second kappa shape index (κ2) is 13.7. The first-order valence-corrected chi connectivity index (χ1v) is 17.4. The van der Waals surface area contributed by atoms with Crippen molar-refractivity contribution >= 4 is 49.5 Å². The van der Waals surface area contributed by atoms with E-state index in [1.54, 1.807) is 0 Å². The number of benzene rings is 6. The molecule has 0 saturated heterocycles. The fourth-order valence-corrected chi connectivity index (χ4v) is 7.51. The van der Waals surface area contributed by atoms with E-state index < -0.39 is 0 Å². The molecule has 0 heteroatoms. The van der Waals surface area contributed by atoms with Gasteiger partial charge in [-0.1, -0.05) is 189 Å². The highest BCUT2D eigenvalue weighted by Gasteiger charge is 2.14. The van der Waals surface area contributed by atoms with Gasteiger partial charge < -0.3 is 0 Å². The van der Waals surface area contributed by atoms with Crippen LogP contribution in [0.4, 0.5) is 0 Å². The van der Waals surface area contributed by atoms with E-state index in [1.807, 2.05) is 12.2 Å². The molecule has 0 radical (unpaired) electrons. The summed E-state index contributed by atoms with van der Waals surface area (Å²) in [5.41, 5.74) is 9.40. The van der Waals surface area contributed by atoms with Gasteiger partial charge in [-0.2, -0.15) is 0 Å². The van der Waals surface area contributed by atoms with E-state index in [-0.39, 0.29) is 0 Å². The van der Waals surface area contributed by atoms with Crippen LogP contribution in [0.25, 0.3) is 71.8 Å². The van der Waals surface area contributed by atoms with Crippen LogP contribution in [0, 0.1) is 0 Å². The highest BCUT2D eigenvalue weighted by atomic mass is 14.2. The van der Waals surface area contributed by atoms with Gasteiger partial charge in [0.1, 0.15) is 0 Å². The second-order valence-electron chi connectivity index (χ2n) is 12.9. The Morgan fingerprint density at radius 2 is 1.16 bits per heavy atom. The lowest BCUT2D eigenvalue weighted by Gasteiger charge is -2.16. The van der Waals surface area contributed by atoms with E-state index in [1.165, 1.54) is 65.2 Å². The summed E-state index contributed by atoms with van der Waals surface area (Å²) in [4.78, 5) is 0. The summed E-state index contributed by atoms with van der Waals surface area (Å²) in [6.45, 7) is 8.55. The smallest absolute Gasteiger partial charge is 0.00933 e. The largest absolute Gasteiger partial charge is 0.0991 e. The molecule has 1 aliphatic rings. The summed E-state index contributed by atoms with van der Waals surface area (Å²) in [6, 6.07) is 57.6. The minimum atomic E-state index is 0.934. The van der Waals surface area contributed by atoms with Gasteiger partial charge in [-0.05, 0) is 106 Å². The van der Waals surface area contributed by atoms with Gasteiger partial charge >= 0.3 is 0 Å². The minimum Gasteiger partial charge on any atom is -0.0991 e. The highest BCUT2D eigenvalue weighted by molar-refractivity contribution is 6.05. The molecule has 0 fully saturated rings. The zero-order valence-electron chi connectivity index (χ0n) is 28.1. The molecule has 0 saturated carbocycles. The third-order valence-corrected chi connectivity index (χ3v) is 9.92. The quantitative estimate of drug-likeness (QED) is 0.159. The standard InChI is InChI=1S/C50H38/c1-3-4-15-35(2)41-26-11-22-39(44-27-12-19-36-16-5-8-23-42(36)44)30-32-48(47-29-14-21-38-18-7-10-25-45(38)47)49-33-31-40(34-50(41)49)46-28-13-20-37-17-6-9-24-43(37)46/h3-13,15-28,30-34H,1-2,14,29H2. The van der Waals surface area contributed by atoms with Gasteiger partial charge in [-0.3, -0.25) is 0 Å². The summed E-state index contributed by atoms with van der Waals surface area (Å²) in [5, 5.41) is 9.92. The van der Waals surface area contributed by atoms with Crippen LogP contribution >= 0.6 is 0 Å². The van der Waals surface area contributed by atoms with E-state index in [9.17, 15) is 0 Å². The summed E-state index contributed by atoms with van der Waals surface area (Å²) in [6.07, 6.45) is 10.2. The predicted molar refractivity (Wildman–Crippen MR) is 218 cm³/mol. The average molecular weight is 639 g/mol. The maximum absolute atomic E-state index is 4.60. The Labute approximate surface area is 294 Å². The molecule has 0 aromatic heterocycles. The predicted octanol–water partition coefficient (Wildman–Crippen LogP) is 12.1. The van der Waals surface area contributed by atoms with Crippen molar-refractivity contribution in [3.8, 4) is 22.3 Å². The fourth-order valence-electron chi connectivity index (χ4n) is 7.51. The van der Waals surface area contributed by atoms with Gasteiger partial charge in [0.15, 0.2) is 0 Å². The van der Waals surface area contributed by atoms with E-state index >= 15 is 0 Å². The Kier molecular flexibility index (Phi) is 8.51. The van der Waals surface area contributed by atoms with Gasteiger partial charge in [-0.25, -0.2) is 0 Å². The van der Waals surface area contributed by atoms with Crippen molar-refractivity contribution in [3.05, 3.63) is 211 Å². The Morgan fingerprint density at radius 1 is 0.520 bits per heavy atom. The normalized spacial score (nSPS) is 12.4. The Morgan fingerprint density at radius 3 is 1.92 bits per heavy atom. The second-order valence-corrected chi connectivity index (χ2v) is 12.9. The molecule has 0 atom stereocenters. The topological polar surface area (TPSA) is 0 Å². The molecule has 0 spiro atoms. The zero-order chi connectivity index (χ0) is 33.9. The first-order chi connectivity index (χ1) is 24.7. The SMILES string of the molecule is C=CC=CC(=C)c1cccc(-c2cccc3ccccc23)ccc(C2=c3ccccc3=CCC2)c2ccc(-c3cccc4ccccc34)cc12. The highest BCUT2D eigenvalue weighted by Crippen LogP contribution is 2.36. The Balaban J connectivity index is 1.52. The average Bonchev–Trinajstić information content (AvgIpc) is 3.17. The van der Waals surface area contributed by atoms with Crippen LogP contribution < -0.4 is 10.4 Å². The molecule has 8 rings (SSSR count). The maximum atomic E-state index is 4.60. The summed E-state index contributed by atoms with van der Waals surface area (Å²) in [7, 11) is 0. The van der Waals surface area contributed by atoms with Crippen molar-refractivity contribution in [2.75, 3.05) is 0 Å². The summed E-state index contributed by atoms with van der Waals surface area (Å²) in [5.74, 6) is 0. The number of hydrogen-bond acceptors (Lipinski definition) is 0. The Hall–Kier alpha value is -6.24. The molecule has 238 valence electrons. The molecule has 0 aliphatic heterocycles. The molecule has 0 unspecified atom stereocenters.